The fourth-order valence-electron chi connectivity index (χ4n) is 4.16. The second kappa shape index (κ2) is 22.1. The number of carboxylic acid groups (broad SMARTS) is 2. The highest BCUT2D eigenvalue weighted by atomic mass is 35.5. The Balaban J connectivity index is 0. The average molecular weight is 507 g/mol. The van der Waals surface area contributed by atoms with Crippen molar-refractivity contribution in [3.05, 3.63) is 0 Å². The second-order valence-electron chi connectivity index (χ2n) is 9.61. The number of halogens is 1. The maximum Gasteiger partial charge on any atom is 0.329 e. The number of carbonyl (C=O) groups excluding carboxylic acids is 1. The molecule has 0 radical (unpaired) electrons. The predicted octanol–water partition coefficient (Wildman–Crippen LogP) is 6.21. The molecule has 0 aromatic carbocycles. The third-order valence-electron chi connectivity index (χ3n) is 6.41. The minimum Gasteiger partial charge on any atom is -0.481 e. The van der Waals surface area contributed by atoms with E-state index < -0.39 is 29.4 Å². The fraction of sp³-hybridized carbons (Fsp3) is 0.885. The van der Waals surface area contributed by atoms with Crippen LogP contribution in [0, 0.1) is 0 Å². The van der Waals surface area contributed by atoms with Gasteiger partial charge in [0.2, 0.25) is 5.91 Å². The number of hydrogen-bond donors (Lipinski definition) is 4. The van der Waals surface area contributed by atoms with Gasteiger partial charge in [-0.15, -0.1) is 12.4 Å². The molecule has 0 fully saturated rings. The normalized spacial score (nSPS) is 13.5. The summed E-state index contributed by atoms with van der Waals surface area (Å²) in [5.41, 5.74) is 4.00. The van der Waals surface area contributed by atoms with E-state index in [-0.39, 0.29) is 31.7 Å². The van der Waals surface area contributed by atoms with Crippen LogP contribution < -0.4 is 11.1 Å². The highest BCUT2D eigenvalue weighted by Gasteiger charge is 2.40. The molecule has 34 heavy (non-hydrogen) atoms. The van der Waals surface area contributed by atoms with Gasteiger partial charge in [0, 0.05) is 6.42 Å². The largest absolute Gasteiger partial charge is 0.481 e. The first kappa shape index (κ1) is 34.8. The van der Waals surface area contributed by atoms with Gasteiger partial charge in [-0.1, -0.05) is 110 Å². The molecule has 5 N–H and O–H groups in total. The number of amides is 1. The van der Waals surface area contributed by atoms with Crippen LogP contribution in [0.15, 0.2) is 0 Å². The first-order chi connectivity index (χ1) is 15.7. The molecule has 2 atom stereocenters. The zero-order chi connectivity index (χ0) is 25.0. The lowest BCUT2D eigenvalue weighted by Gasteiger charge is -2.31. The first-order valence-electron chi connectivity index (χ1n) is 13.3. The summed E-state index contributed by atoms with van der Waals surface area (Å²) in [6.07, 6.45) is 19.4. The number of nitrogens with one attached hydrogen (secondary N) is 1. The van der Waals surface area contributed by atoms with Crippen LogP contribution in [0.1, 0.15) is 136 Å². The predicted molar refractivity (Wildman–Crippen MR) is 140 cm³/mol. The zero-order valence-corrected chi connectivity index (χ0v) is 22.4. The van der Waals surface area contributed by atoms with E-state index in [4.69, 9.17) is 10.8 Å². The van der Waals surface area contributed by atoms with Crippen LogP contribution >= 0.6 is 12.4 Å². The fourth-order valence-corrected chi connectivity index (χ4v) is 4.16. The first-order valence-corrected chi connectivity index (χ1v) is 13.3. The van der Waals surface area contributed by atoms with Crippen molar-refractivity contribution in [1.82, 2.24) is 5.32 Å². The summed E-state index contributed by atoms with van der Waals surface area (Å²) in [5.74, 6) is -2.85. The van der Waals surface area contributed by atoms with Gasteiger partial charge in [-0.25, -0.2) is 4.79 Å². The van der Waals surface area contributed by atoms with E-state index in [1.165, 1.54) is 84.0 Å². The van der Waals surface area contributed by atoms with Crippen molar-refractivity contribution in [3.63, 3.8) is 0 Å². The minimum atomic E-state index is -1.57. The molecule has 0 aliphatic heterocycles. The Kier molecular flexibility index (Phi) is 22.7. The highest BCUT2D eigenvalue weighted by Crippen LogP contribution is 2.23. The van der Waals surface area contributed by atoms with Crippen LogP contribution in [0.3, 0.4) is 0 Å². The van der Waals surface area contributed by atoms with Crippen molar-refractivity contribution in [2.24, 2.45) is 5.73 Å². The summed E-state index contributed by atoms with van der Waals surface area (Å²) in [4.78, 5) is 34.9. The summed E-state index contributed by atoms with van der Waals surface area (Å²) in [5, 5.41) is 21.2. The molecular formula is C26H51ClN2O5. The minimum absolute atomic E-state index is 0. The van der Waals surface area contributed by atoms with Crippen molar-refractivity contribution in [2.45, 2.75) is 147 Å². The Morgan fingerprint density at radius 1 is 0.735 bits per heavy atom. The molecule has 0 aromatic rings. The van der Waals surface area contributed by atoms with Gasteiger partial charge in [-0.2, -0.15) is 0 Å². The number of rotatable bonds is 23. The molecule has 1 amide bonds. The number of hydrogen-bond acceptors (Lipinski definition) is 4. The SMILES string of the molecule is CCCCCCCCCCCCCCCCCC[C@](CCC(=O)O)(NC(=O)[C@@H](C)N)C(=O)O.Cl. The lowest BCUT2D eigenvalue weighted by Crippen LogP contribution is -2.58. The molecule has 0 saturated carbocycles. The van der Waals surface area contributed by atoms with E-state index in [0.717, 1.165) is 19.3 Å². The van der Waals surface area contributed by atoms with Gasteiger partial charge in [-0.05, 0) is 19.8 Å². The molecule has 0 spiro atoms. The third-order valence-corrected chi connectivity index (χ3v) is 6.41. The van der Waals surface area contributed by atoms with Crippen molar-refractivity contribution < 1.29 is 24.6 Å². The smallest absolute Gasteiger partial charge is 0.329 e. The quantitative estimate of drug-likeness (QED) is 0.122. The Morgan fingerprint density at radius 2 is 1.12 bits per heavy atom. The lowest BCUT2D eigenvalue weighted by atomic mass is 9.86. The number of nitrogens with two attached hydrogens (primary N) is 1. The Labute approximate surface area is 213 Å². The van der Waals surface area contributed by atoms with Crippen LogP contribution in [-0.4, -0.2) is 39.6 Å². The standard InChI is InChI=1S/C26H50N2O5.ClH/c1-3-4-5-6-7-8-9-10-11-12-13-14-15-16-17-18-20-26(25(32)33,21-19-23(29)30)28-24(31)22(2)27;/h22H,3-21,27H2,1-2H3,(H,28,31)(H,29,30)(H,32,33);1H/t22-,26-;/m1./s1. The molecule has 0 bridgehead atoms. The summed E-state index contributed by atoms with van der Waals surface area (Å²) < 4.78 is 0. The number of unbranched alkanes of at least 4 members (excludes halogenated alkanes) is 15. The monoisotopic (exact) mass is 506 g/mol. The summed E-state index contributed by atoms with van der Waals surface area (Å²) in [7, 11) is 0. The second-order valence-corrected chi connectivity index (χ2v) is 9.61. The van der Waals surface area contributed by atoms with E-state index in [1.807, 2.05) is 0 Å². The molecule has 8 heteroatoms. The Hall–Kier alpha value is -1.34. The average Bonchev–Trinajstić information content (AvgIpc) is 2.76. The lowest BCUT2D eigenvalue weighted by molar-refractivity contribution is -0.149. The van der Waals surface area contributed by atoms with Gasteiger partial charge in [0.05, 0.1) is 6.04 Å². The van der Waals surface area contributed by atoms with Gasteiger partial charge in [0.15, 0.2) is 0 Å². The number of carbonyl (C=O) groups is 3. The highest BCUT2D eigenvalue weighted by molar-refractivity contribution is 5.89. The van der Waals surface area contributed by atoms with Gasteiger partial charge in [0.25, 0.3) is 0 Å². The molecule has 0 aliphatic rings. The molecule has 0 unspecified atom stereocenters. The van der Waals surface area contributed by atoms with Crippen LogP contribution in [0.2, 0.25) is 0 Å². The third kappa shape index (κ3) is 18.0. The zero-order valence-electron chi connectivity index (χ0n) is 21.6. The summed E-state index contributed by atoms with van der Waals surface area (Å²) >= 11 is 0. The molecule has 0 heterocycles. The van der Waals surface area contributed by atoms with Gasteiger partial charge >= 0.3 is 11.9 Å². The topological polar surface area (TPSA) is 130 Å². The molecule has 202 valence electrons. The molecule has 0 aliphatic carbocycles. The van der Waals surface area contributed by atoms with Crippen molar-refractivity contribution in [2.75, 3.05) is 0 Å². The van der Waals surface area contributed by atoms with E-state index in [1.54, 1.807) is 0 Å². The van der Waals surface area contributed by atoms with Gasteiger partial charge < -0.3 is 21.3 Å². The van der Waals surface area contributed by atoms with Crippen LogP contribution in [0.4, 0.5) is 0 Å². The molecular weight excluding hydrogens is 456 g/mol. The van der Waals surface area contributed by atoms with Crippen molar-refractivity contribution in [3.8, 4) is 0 Å². The molecule has 0 saturated heterocycles. The van der Waals surface area contributed by atoms with Crippen LogP contribution in [0.5, 0.6) is 0 Å². The molecule has 0 aromatic heterocycles. The van der Waals surface area contributed by atoms with Crippen molar-refractivity contribution in [1.29, 1.82) is 0 Å². The molecule has 7 nitrogen and oxygen atoms in total. The van der Waals surface area contributed by atoms with Gasteiger partial charge in [-0.3, -0.25) is 9.59 Å². The van der Waals surface area contributed by atoms with Crippen LogP contribution in [0.25, 0.3) is 0 Å². The number of aliphatic carboxylic acids is 2. The Bertz CT molecular complexity index is 545. The Morgan fingerprint density at radius 3 is 1.44 bits per heavy atom. The molecule has 0 rings (SSSR count). The van der Waals surface area contributed by atoms with Crippen LogP contribution in [-0.2, 0) is 14.4 Å². The van der Waals surface area contributed by atoms with Gasteiger partial charge in [0.1, 0.15) is 5.54 Å². The summed E-state index contributed by atoms with van der Waals surface area (Å²) in [6, 6.07) is -0.848. The van der Waals surface area contributed by atoms with E-state index >= 15 is 0 Å². The maximum absolute atomic E-state index is 12.0. The number of carboxylic acids is 2. The summed E-state index contributed by atoms with van der Waals surface area (Å²) in [6.45, 7) is 3.73. The van der Waals surface area contributed by atoms with Crippen molar-refractivity contribution >= 4 is 30.3 Å². The van der Waals surface area contributed by atoms with E-state index in [9.17, 15) is 19.5 Å². The van der Waals surface area contributed by atoms with E-state index in [0.29, 0.717) is 6.42 Å². The van der Waals surface area contributed by atoms with E-state index in [2.05, 4.69) is 12.2 Å². The maximum atomic E-state index is 12.0.